The van der Waals surface area contributed by atoms with Gasteiger partial charge < -0.3 is 10.6 Å². The first-order valence-corrected chi connectivity index (χ1v) is 6.84. The second-order valence-electron chi connectivity index (χ2n) is 4.73. The number of hydrogen-bond donors (Lipinski definition) is 2. The molecular weight excluding hydrogens is 260 g/mol. The van der Waals surface area contributed by atoms with Gasteiger partial charge in [-0.15, -0.1) is 6.42 Å². The molecule has 1 amide bonds. The van der Waals surface area contributed by atoms with Crippen LogP contribution in [0.5, 0.6) is 0 Å². The Morgan fingerprint density at radius 2 is 1.71 bits per heavy atom. The molecule has 2 aromatic rings. The van der Waals surface area contributed by atoms with Crippen molar-refractivity contribution in [2.24, 2.45) is 0 Å². The number of benzene rings is 2. The third-order valence-electron chi connectivity index (χ3n) is 3.13. The maximum absolute atomic E-state index is 11.7. The predicted molar refractivity (Wildman–Crippen MR) is 86.8 cm³/mol. The lowest BCUT2D eigenvalue weighted by Crippen LogP contribution is -2.37. The van der Waals surface area contributed by atoms with E-state index in [1.54, 1.807) is 6.92 Å². The molecule has 0 spiro atoms. The number of carbonyl (C=O) groups is 1. The van der Waals surface area contributed by atoms with Crippen molar-refractivity contribution in [1.82, 2.24) is 5.32 Å². The van der Waals surface area contributed by atoms with Crippen LogP contribution in [0.3, 0.4) is 0 Å². The Hall–Kier alpha value is -2.73. The Morgan fingerprint density at radius 3 is 2.33 bits per heavy atom. The first kappa shape index (κ1) is 14.7. The van der Waals surface area contributed by atoms with E-state index in [-0.39, 0.29) is 18.5 Å². The molecular formula is C18H18N2O. The van der Waals surface area contributed by atoms with Crippen molar-refractivity contribution in [3.05, 3.63) is 54.6 Å². The molecule has 0 aliphatic heterocycles. The summed E-state index contributed by atoms with van der Waals surface area (Å²) in [4.78, 5) is 11.7. The molecule has 2 rings (SSSR count). The van der Waals surface area contributed by atoms with Gasteiger partial charge in [0.2, 0.25) is 5.91 Å². The van der Waals surface area contributed by atoms with Crippen LogP contribution >= 0.6 is 0 Å². The average Bonchev–Trinajstić information content (AvgIpc) is 2.54. The molecule has 3 heteroatoms. The lowest BCUT2D eigenvalue weighted by molar-refractivity contribution is -0.121. The summed E-state index contributed by atoms with van der Waals surface area (Å²) in [6.45, 7) is 2.05. The van der Waals surface area contributed by atoms with Gasteiger partial charge in [0.15, 0.2) is 0 Å². The molecule has 2 aromatic carbocycles. The maximum Gasteiger partial charge on any atom is 0.242 e. The zero-order valence-electron chi connectivity index (χ0n) is 12.0. The molecule has 0 radical (unpaired) electrons. The Morgan fingerprint density at radius 1 is 1.10 bits per heavy atom. The van der Waals surface area contributed by atoms with E-state index < -0.39 is 0 Å². The van der Waals surface area contributed by atoms with Gasteiger partial charge in [-0.05, 0) is 30.2 Å². The number of hydrogen-bond acceptors (Lipinski definition) is 2. The summed E-state index contributed by atoms with van der Waals surface area (Å²) in [7, 11) is 0. The fraction of sp³-hybridized carbons (Fsp3) is 0.167. The van der Waals surface area contributed by atoms with Crippen molar-refractivity contribution in [3.63, 3.8) is 0 Å². The standard InChI is InChI=1S/C18H18N2O/c1-3-13-19-18(21)14(2)20-17-11-9-16(10-12-17)15-7-5-4-6-8-15/h1,4-12,14,20H,13H2,2H3,(H,19,21). The first-order valence-electron chi connectivity index (χ1n) is 6.84. The van der Waals surface area contributed by atoms with E-state index in [0.29, 0.717) is 0 Å². The normalized spacial score (nSPS) is 11.2. The highest BCUT2D eigenvalue weighted by Gasteiger charge is 2.11. The molecule has 0 saturated carbocycles. The largest absolute Gasteiger partial charge is 0.374 e. The van der Waals surface area contributed by atoms with Crippen LogP contribution in [0.1, 0.15) is 6.92 Å². The molecule has 21 heavy (non-hydrogen) atoms. The molecule has 0 fully saturated rings. The van der Waals surface area contributed by atoms with Gasteiger partial charge in [0.1, 0.15) is 6.04 Å². The molecule has 0 aliphatic carbocycles. The number of carbonyl (C=O) groups excluding carboxylic acids is 1. The minimum atomic E-state index is -0.332. The van der Waals surface area contributed by atoms with Gasteiger partial charge in [0.05, 0.1) is 6.54 Å². The zero-order valence-corrected chi connectivity index (χ0v) is 12.0. The van der Waals surface area contributed by atoms with Gasteiger partial charge >= 0.3 is 0 Å². The van der Waals surface area contributed by atoms with Crippen LogP contribution in [0.2, 0.25) is 0 Å². The summed E-state index contributed by atoms with van der Waals surface area (Å²) < 4.78 is 0. The molecule has 0 aromatic heterocycles. The molecule has 0 saturated heterocycles. The van der Waals surface area contributed by atoms with E-state index in [2.05, 4.69) is 28.7 Å². The molecule has 3 nitrogen and oxygen atoms in total. The Bertz CT molecular complexity index is 627. The highest BCUT2D eigenvalue weighted by molar-refractivity contribution is 5.84. The van der Waals surface area contributed by atoms with Crippen LogP contribution in [0.25, 0.3) is 11.1 Å². The van der Waals surface area contributed by atoms with E-state index in [1.165, 1.54) is 5.56 Å². The van der Waals surface area contributed by atoms with Gasteiger partial charge in [-0.25, -0.2) is 0 Å². The summed E-state index contributed by atoms with van der Waals surface area (Å²) in [6.07, 6.45) is 5.12. The van der Waals surface area contributed by atoms with E-state index in [9.17, 15) is 4.79 Å². The third-order valence-corrected chi connectivity index (χ3v) is 3.13. The van der Waals surface area contributed by atoms with Crippen LogP contribution in [0, 0.1) is 12.3 Å². The quantitative estimate of drug-likeness (QED) is 0.826. The summed E-state index contributed by atoms with van der Waals surface area (Å²) >= 11 is 0. The second kappa shape index (κ2) is 7.16. The van der Waals surface area contributed by atoms with E-state index in [4.69, 9.17) is 6.42 Å². The lowest BCUT2D eigenvalue weighted by Gasteiger charge is -2.14. The summed E-state index contributed by atoms with van der Waals surface area (Å²) in [5.74, 6) is 2.27. The summed E-state index contributed by atoms with van der Waals surface area (Å²) in [5.41, 5.74) is 3.22. The van der Waals surface area contributed by atoms with E-state index in [0.717, 1.165) is 11.3 Å². The molecule has 0 bridgehead atoms. The van der Waals surface area contributed by atoms with Crippen LogP contribution < -0.4 is 10.6 Å². The van der Waals surface area contributed by atoms with Crippen LogP contribution in [-0.4, -0.2) is 18.5 Å². The molecule has 1 atom stereocenters. The number of nitrogens with one attached hydrogen (secondary N) is 2. The summed E-state index contributed by atoms with van der Waals surface area (Å²) in [5, 5.41) is 5.80. The maximum atomic E-state index is 11.7. The van der Waals surface area contributed by atoms with Gasteiger partial charge in [0.25, 0.3) is 0 Å². The van der Waals surface area contributed by atoms with Crippen molar-refractivity contribution in [2.45, 2.75) is 13.0 Å². The predicted octanol–water partition coefficient (Wildman–Crippen LogP) is 2.90. The number of anilines is 1. The number of rotatable bonds is 5. The SMILES string of the molecule is C#CCNC(=O)C(C)Nc1ccc(-c2ccccc2)cc1. The van der Waals surface area contributed by atoms with Crippen molar-refractivity contribution >= 4 is 11.6 Å². The minimum Gasteiger partial charge on any atom is -0.374 e. The highest BCUT2D eigenvalue weighted by Crippen LogP contribution is 2.21. The lowest BCUT2D eigenvalue weighted by atomic mass is 10.1. The topological polar surface area (TPSA) is 41.1 Å². The molecule has 106 valence electrons. The fourth-order valence-electron chi connectivity index (χ4n) is 2.00. The van der Waals surface area contributed by atoms with Gasteiger partial charge in [0, 0.05) is 5.69 Å². The molecule has 0 heterocycles. The van der Waals surface area contributed by atoms with Gasteiger partial charge in [-0.3, -0.25) is 4.79 Å². The molecule has 0 aliphatic rings. The average molecular weight is 278 g/mol. The number of terminal acetylenes is 1. The van der Waals surface area contributed by atoms with Crippen molar-refractivity contribution in [1.29, 1.82) is 0 Å². The molecule has 2 N–H and O–H groups in total. The monoisotopic (exact) mass is 278 g/mol. The fourth-order valence-corrected chi connectivity index (χ4v) is 2.00. The highest BCUT2D eigenvalue weighted by atomic mass is 16.2. The Balaban J connectivity index is 2.00. The smallest absolute Gasteiger partial charge is 0.242 e. The summed E-state index contributed by atoms with van der Waals surface area (Å²) in [6, 6.07) is 17.8. The van der Waals surface area contributed by atoms with Gasteiger partial charge in [-0.1, -0.05) is 48.4 Å². The third kappa shape index (κ3) is 4.12. The Kier molecular flexibility index (Phi) is 5.00. The van der Waals surface area contributed by atoms with E-state index in [1.807, 2.05) is 42.5 Å². The number of amides is 1. The van der Waals surface area contributed by atoms with Crippen molar-refractivity contribution in [2.75, 3.05) is 11.9 Å². The van der Waals surface area contributed by atoms with Gasteiger partial charge in [-0.2, -0.15) is 0 Å². The van der Waals surface area contributed by atoms with Crippen LogP contribution in [0.4, 0.5) is 5.69 Å². The van der Waals surface area contributed by atoms with Crippen molar-refractivity contribution in [3.8, 4) is 23.5 Å². The first-order chi connectivity index (χ1) is 10.2. The Labute approximate surface area is 125 Å². The van der Waals surface area contributed by atoms with Crippen LogP contribution in [-0.2, 0) is 4.79 Å². The zero-order chi connectivity index (χ0) is 15.1. The molecule has 1 unspecified atom stereocenters. The minimum absolute atomic E-state index is 0.111. The van der Waals surface area contributed by atoms with E-state index >= 15 is 0 Å². The van der Waals surface area contributed by atoms with Crippen LogP contribution in [0.15, 0.2) is 54.6 Å². The second-order valence-corrected chi connectivity index (χ2v) is 4.73. The van der Waals surface area contributed by atoms with Crippen molar-refractivity contribution < 1.29 is 4.79 Å².